The molecule has 2 unspecified atom stereocenters. The van der Waals surface area contributed by atoms with Crippen LogP contribution in [0.15, 0.2) is 0 Å². The predicted octanol–water partition coefficient (Wildman–Crippen LogP) is 22.7. The molecule has 0 rings (SSSR count). The van der Waals surface area contributed by atoms with E-state index >= 15 is 0 Å². The average molecular weight is 1410 g/mol. The molecule has 0 fully saturated rings. The number of rotatable bonds is 76. The van der Waals surface area contributed by atoms with E-state index in [1.165, 1.54) is 212 Å². The Hall–Kier alpha value is -1.94. The number of ether oxygens (including phenoxy) is 4. The number of phosphoric ester groups is 2. The largest absolute Gasteiger partial charge is 0.472 e. The minimum atomic E-state index is -4.96. The van der Waals surface area contributed by atoms with E-state index in [1.54, 1.807) is 0 Å². The van der Waals surface area contributed by atoms with E-state index in [9.17, 15) is 43.2 Å². The number of carbonyl (C=O) groups excluding carboxylic acids is 4. The topological polar surface area (TPSA) is 237 Å². The molecule has 0 spiro atoms. The van der Waals surface area contributed by atoms with Crippen LogP contribution in [-0.2, 0) is 65.4 Å². The summed E-state index contributed by atoms with van der Waals surface area (Å²) in [6.07, 6.45) is 56.9. The number of hydrogen-bond acceptors (Lipinski definition) is 15. The standard InChI is InChI=1S/C77H150O17P2/c1-7-9-11-13-15-17-18-19-25-32-37-43-49-55-61-76(81)93-72(65-87-74(79)59-53-47-41-16-14-12-10-8-2)67-91-95(83,84)89-63-71(78)64-90-96(85,86)92-68-73(66-88-75(80)60-54-48-42-36-31-28-27-30-35-40-46-52-58-70(5)6)94-77(82)62-56-50-44-38-33-26-23-21-20-22-24-29-34-39-45-51-57-69(3)4/h69-73,78H,7-68H2,1-6H3,(H,83,84)(H,85,86)/t71-,72+,73+/m0/s1. The third kappa shape index (κ3) is 70.5. The van der Waals surface area contributed by atoms with Crippen LogP contribution in [0.1, 0.15) is 401 Å². The highest BCUT2D eigenvalue weighted by atomic mass is 31.2. The molecule has 5 atom stereocenters. The summed E-state index contributed by atoms with van der Waals surface area (Å²) in [6.45, 7) is 9.63. The van der Waals surface area contributed by atoms with Crippen LogP contribution in [0.4, 0.5) is 0 Å². The van der Waals surface area contributed by atoms with Crippen molar-refractivity contribution in [1.29, 1.82) is 0 Å². The molecule has 96 heavy (non-hydrogen) atoms. The zero-order chi connectivity index (χ0) is 70.7. The van der Waals surface area contributed by atoms with Crippen molar-refractivity contribution in [2.45, 2.75) is 419 Å². The van der Waals surface area contributed by atoms with Crippen molar-refractivity contribution < 1.29 is 80.2 Å². The Morgan fingerprint density at radius 2 is 0.479 bits per heavy atom. The van der Waals surface area contributed by atoms with Gasteiger partial charge in [0.25, 0.3) is 0 Å². The Labute approximate surface area is 588 Å². The van der Waals surface area contributed by atoms with Gasteiger partial charge in [0.05, 0.1) is 26.4 Å². The Bertz CT molecular complexity index is 1860. The van der Waals surface area contributed by atoms with E-state index in [0.717, 1.165) is 108 Å². The fourth-order valence-electron chi connectivity index (χ4n) is 11.8. The molecule has 0 bridgehead atoms. The first-order chi connectivity index (χ1) is 46.4. The van der Waals surface area contributed by atoms with E-state index in [-0.39, 0.29) is 25.7 Å². The van der Waals surface area contributed by atoms with E-state index in [2.05, 4.69) is 41.5 Å². The number of aliphatic hydroxyl groups excluding tert-OH is 1. The number of aliphatic hydroxyl groups is 1. The molecule has 0 heterocycles. The van der Waals surface area contributed by atoms with Crippen LogP contribution in [0, 0.1) is 11.8 Å². The molecule has 17 nitrogen and oxygen atoms in total. The van der Waals surface area contributed by atoms with Crippen molar-refractivity contribution in [2.24, 2.45) is 11.8 Å². The molecule has 0 aliphatic heterocycles. The number of phosphoric acid groups is 2. The van der Waals surface area contributed by atoms with E-state index in [0.29, 0.717) is 25.7 Å². The summed E-state index contributed by atoms with van der Waals surface area (Å²) in [7, 11) is -9.91. The second-order valence-corrected chi connectivity index (χ2v) is 31.6. The zero-order valence-electron chi connectivity index (χ0n) is 62.7. The van der Waals surface area contributed by atoms with Gasteiger partial charge in [0, 0.05) is 25.7 Å². The third-order valence-electron chi connectivity index (χ3n) is 18.0. The normalized spacial score (nSPS) is 14.0. The van der Waals surface area contributed by atoms with Gasteiger partial charge >= 0.3 is 39.5 Å². The Morgan fingerprint density at radius 3 is 0.708 bits per heavy atom. The van der Waals surface area contributed by atoms with Crippen molar-refractivity contribution in [3.63, 3.8) is 0 Å². The van der Waals surface area contributed by atoms with Crippen LogP contribution in [0.5, 0.6) is 0 Å². The van der Waals surface area contributed by atoms with Gasteiger partial charge in [0.2, 0.25) is 0 Å². The lowest BCUT2D eigenvalue weighted by Crippen LogP contribution is -2.30. The first-order valence-corrected chi connectivity index (χ1v) is 43.0. The lowest BCUT2D eigenvalue weighted by atomic mass is 10.0. The summed E-state index contributed by atoms with van der Waals surface area (Å²) in [5, 5.41) is 10.6. The lowest BCUT2D eigenvalue weighted by Gasteiger charge is -2.21. The zero-order valence-corrected chi connectivity index (χ0v) is 64.5. The highest BCUT2D eigenvalue weighted by Crippen LogP contribution is 2.45. The van der Waals surface area contributed by atoms with Gasteiger partial charge in [-0.25, -0.2) is 9.13 Å². The minimum Gasteiger partial charge on any atom is -0.462 e. The van der Waals surface area contributed by atoms with Crippen LogP contribution >= 0.6 is 15.6 Å². The average Bonchev–Trinajstić information content (AvgIpc) is 1.35. The van der Waals surface area contributed by atoms with Crippen LogP contribution in [-0.4, -0.2) is 96.7 Å². The maximum Gasteiger partial charge on any atom is 0.472 e. The fraction of sp³-hybridized carbons (Fsp3) is 0.948. The van der Waals surface area contributed by atoms with Gasteiger partial charge in [-0.1, -0.05) is 350 Å². The Balaban J connectivity index is 5.21. The van der Waals surface area contributed by atoms with Gasteiger partial charge in [-0.15, -0.1) is 0 Å². The minimum absolute atomic E-state index is 0.108. The summed E-state index contributed by atoms with van der Waals surface area (Å²) in [6, 6.07) is 0. The quantitative estimate of drug-likeness (QED) is 0.0222. The second-order valence-electron chi connectivity index (χ2n) is 28.7. The van der Waals surface area contributed by atoms with E-state index in [1.807, 2.05) is 0 Å². The molecule has 0 aliphatic carbocycles. The van der Waals surface area contributed by atoms with Gasteiger partial charge in [-0.05, 0) is 37.5 Å². The maximum absolute atomic E-state index is 13.1. The molecular formula is C77H150O17P2. The number of carbonyl (C=O) groups is 4. The summed E-state index contributed by atoms with van der Waals surface area (Å²) in [5.74, 6) is -0.524. The maximum atomic E-state index is 13.1. The van der Waals surface area contributed by atoms with E-state index < -0.39 is 97.5 Å². The molecule has 0 amide bonds. The van der Waals surface area contributed by atoms with Crippen LogP contribution in [0.25, 0.3) is 0 Å². The summed E-state index contributed by atoms with van der Waals surface area (Å²) < 4.78 is 68.5. The molecule has 0 aliphatic rings. The SMILES string of the molecule is CCCCCCCCCCCCCCCCC(=O)O[C@H](COC(=O)CCCCCCCCCC)COP(=O)(O)OC[C@H](O)COP(=O)(O)OC[C@@H](COC(=O)CCCCCCCCCCCCCCC(C)C)OC(=O)CCCCCCCCCCCCCCCCCCC(C)C. The van der Waals surface area contributed by atoms with Gasteiger partial charge in [0.15, 0.2) is 12.2 Å². The lowest BCUT2D eigenvalue weighted by molar-refractivity contribution is -0.161. The third-order valence-corrected chi connectivity index (χ3v) is 19.9. The predicted molar refractivity (Wildman–Crippen MR) is 391 cm³/mol. The highest BCUT2D eigenvalue weighted by Gasteiger charge is 2.30. The first-order valence-electron chi connectivity index (χ1n) is 40.0. The fourth-order valence-corrected chi connectivity index (χ4v) is 13.4. The molecule has 0 radical (unpaired) electrons. The molecule has 19 heteroatoms. The van der Waals surface area contributed by atoms with Crippen LogP contribution < -0.4 is 0 Å². The van der Waals surface area contributed by atoms with Gasteiger partial charge in [0.1, 0.15) is 19.3 Å². The Morgan fingerprint density at radius 1 is 0.281 bits per heavy atom. The van der Waals surface area contributed by atoms with Crippen LogP contribution in [0.2, 0.25) is 0 Å². The van der Waals surface area contributed by atoms with Crippen LogP contribution in [0.3, 0.4) is 0 Å². The monoisotopic (exact) mass is 1410 g/mol. The number of hydrogen-bond donors (Lipinski definition) is 3. The van der Waals surface area contributed by atoms with E-state index in [4.69, 9.17) is 37.0 Å². The first kappa shape index (κ1) is 94.1. The molecule has 0 aromatic rings. The molecular weight excluding hydrogens is 1260 g/mol. The Kier molecular flexibility index (Phi) is 67.4. The summed E-state index contributed by atoms with van der Waals surface area (Å²) >= 11 is 0. The molecule has 0 saturated carbocycles. The second kappa shape index (κ2) is 68.8. The molecule has 570 valence electrons. The van der Waals surface area contributed by atoms with Gasteiger partial charge in [-0.3, -0.25) is 37.3 Å². The van der Waals surface area contributed by atoms with Crippen molar-refractivity contribution in [1.82, 2.24) is 0 Å². The molecule has 0 aromatic carbocycles. The highest BCUT2D eigenvalue weighted by molar-refractivity contribution is 7.47. The molecule has 0 aromatic heterocycles. The smallest absolute Gasteiger partial charge is 0.462 e. The van der Waals surface area contributed by atoms with Gasteiger partial charge in [-0.2, -0.15) is 0 Å². The van der Waals surface area contributed by atoms with Crippen molar-refractivity contribution in [3.8, 4) is 0 Å². The summed E-state index contributed by atoms with van der Waals surface area (Å²) in [5.41, 5.74) is 0. The molecule has 0 saturated heterocycles. The van der Waals surface area contributed by atoms with Gasteiger partial charge < -0.3 is 33.8 Å². The number of esters is 4. The number of unbranched alkanes of at least 4 members (excludes halogenated alkanes) is 46. The van der Waals surface area contributed by atoms with Crippen molar-refractivity contribution >= 4 is 39.5 Å². The molecule has 3 N–H and O–H groups in total. The van der Waals surface area contributed by atoms with Crippen molar-refractivity contribution in [3.05, 3.63) is 0 Å². The van der Waals surface area contributed by atoms with Crippen molar-refractivity contribution in [2.75, 3.05) is 39.6 Å². The summed E-state index contributed by atoms with van der Waals surface area (Å²) in [4.78, 5) is 72.8.